The third kappa shape index (κ3) is 3.10. The predicted molar refractivity (Wildman–Crippen MR) is 92.5 cm³/mol. The van der Waals surface area contributed by atoms with Gasteiger partial charge in [0.25, 0.3) is 0 Å². The second-order valence-corrected chi connectivity index (χ2v) is 10.8. The summed E-state index contributed by atoms with van der Waals surface area (Å²) in [6.07, 6.45) is -8.25. The molecule has 0 aromatic heterocycles. The molecular weight excluding hydrogens is 398 g/mol. The first-order chi connectivity index (χ1) is 13.2. The minimum Gasteiger partial charge on any atom is -0.439 e. The highest BCUT2D eigenvalue weighted by Crippen LogP contribution is 2.70. The smallest absolute Gasteiger partial charge is 0.437 e. The minimum atomic E-state index is -5.72. The Bertz CT molecular complexity index is 662. The zero-order valence-electron chi connectivity index (χ0n) is 16.9. The van der Waals surface area contributed by atoms with Gasteiger partial charge >= 0.3 is 23.9 Å². The highest BCUT2D eigenvalue weighted by atomic mass is 19.4. The van der Waals surface area contributed by atoms with Crippen LogP contribution in [0.2, 0.25) is 0 Å². The van der Waals surface area contributed by atoms with E-state index in [1.54, 1.807) is 0 Å². The van der Waals surface area contributed by atoms with Crippen molar-refractivity contribution >= 4 is 5.97 Å². The molecule has 4 rings (SSSR count). The molecule has 7 atom stereocenters. The van der Waals surface area contributed by atoms with Crippen LogP contribution in [0.25, 0.3) is 0 Å². The van der Waals surface area contributed by atoms with Gasteiger partial charge in [-0.3, -0.25) is 4.79 Å². The second-order valence-electron chi connectivity index (χ2n) is 10.8. The van der Waals surface area contributed by atoms with Gasteiger partial charge in [0.05, 0.1) is 5.41 Å². The number of hydrogen-bond acceptors (Lipinski definition) is 2. The molecule has 4 fully saturated rings. The number of esters is 1. The number of fused-ring (bicyclic) bond motifs is 9. The summed E-state index contributed by atoms with van der Waals surface area (Å²) in [5.41, 5.74) is -5.90. The van der Waals surface area contributed by atoms with E-state index in [2.05, 4.69) is 4.74 Å². The lowest BCUT2D eigenvalue weighted by molar-refractivity contribution is -0.376. The molecule has 0 heterocycles. The number of rotatable bonds is 3. The Morgan fingerprint density at radius 3 is 1.90 bits per heavy atom. The fraction of sp³-hybridized carbons (Fsp3) is 0.952. The fourth-order valence-corrected chi connectivity index (χ4v) is 7.17. The number of alkyl halides is 6. The Kier molecular flexibility index (Phi) is 4.61. The molecule has 4 saturated carbocycles. The first kappa shape index (κ1) is 21.3. The molecule has 2 nitrogen and oxygen atoms in total. The zero-order valence-corrected chi connectivity index (χ0v) is 16.9. The topological polar surface area (TPSA) is 26.3 Å². The van der Waals surface area contributed by atoms with Gasteiger partial charge in [0.1, 0.15) is 0 Å². The van der Waals surface area contributed by atoms with E-state index in [0.717, 1.165) is 25.7 Å². The van der Waals surface area contributed by atoms with Crippen LogP contribution in [0.1, 0.15) is 59.3 Å². The van der Waals surface area contributed by atoms with Crippen molar-refractivity contribution in [2.45, 2.75) is 77.2 Å². The molecule has 166 valence electrons. The Labute approximate surface area is 166 Å². The van der Waals surface area contributed by atoms with Gasteiger partial charge in [0.15, 0.2) is 0 Å². The second kappa shape index (κ2) is 6.28. The van der Waals surface area contributed by atoms with E-state index in [0.29, 0.717) is 24.2 Å². The van der Waals surface area contributed by atoms with Crippen molar-refractivity contribution in [2.75, 3.05) is 0 Å². The van der Waals surface area contributed by atoms with Gasteiger partial charge in [0, 0.05) is 6.42 Å². The SMILES string of the molecule is CC(C)(C)C(=O)OC(CC1CC2CC1C1C3CCC(C3)C21)(C(F)(F)F)C(F)(F)F. The van der Waals surface area contributed by atoms with Crippen molar-refractivity contribution in [3.8, 4) is 0 Å². The molecule has 29 heavy (non-hydrogen) atoms. The molecule has 0 amide bonds. The molecule has 4 aliphatic carbocycles. The normalized spacial score (nSPS) is 39.1. The number of ether oxygens (including phenoxy) is 1. The Morgan fingerprint density at radius 1 is 0.828 bits per heavy atom. The van der Waals surface area contributed by atoms with Crippen molar-refractivity contribution in [2.24, 2.45) is 46.8 Å². The van der Waals surface area contributed by atoms with Crippen LogP contribution in [0.3, 0.4) is 0 Å². The largest absolute Gasteiger partial charge is 0.439 e. The molecule has 0 radical (unpaired) electrons. The maximum absolute atomic E-state index is 13.9. The fourth-order valence-electron chi connectivity index (χ4n) is 7.17. The summed E-state index contributed by atoms with van der Waals surface area (Å²) in [7, 11) is 0. The third-order valence-corrected chi connectivity index (χ3v) is 8.22. The van der Waals surface area contributed by atoms with Crippen LogP contribution >= 0.6 is 0 Å². The summed E-state index contributed by atoms with van der Waals surface area (Å²) in [6, 6.07) is 0. The van der Waals surface area contributed by atoms with Crippen molar-refractivity contribution in [1.82, 2.24) is 0 Å². The number of carbonyl (C=O) groups excluding carboxylic acids is 1. The molecule has 4 aliphatic rings. The summed E-state index contributed by atoms with van der Waals surface area (Å²) in [5, 5.41) is 0. The molecule has 0 saturated heterocycles. The standard InChI is InChI=1S/C21H28F6O2/c1-18(2,3)17(28)29-19(20(22,23)24,21(25,26)27)9-13-7-12-8-14(13)16-11-5-4-10(6-11)15(12)16/h10-16H,4-9H2,1-3H3. The first-order valence-corrected chi connectivity index (χ1v) is 10.5. The lowest BCUT2D eigenvalue weighted by Crippen LogP contribution is -2.61. The van der Waals surface area contributed by atoms with Crippen molar-refractivity contribution in [1.29, 1.82) is 0 Å². The summed E-state index contributed by atoms with van der Waals surface area (Å²) in [6.45, 7) is 3.76. The van der Waals surface area contributed by atoms with Crippen molar-refractivity contribution in [3.05, 3.63) is 0 Å². The Hall–Kier alpha value is -0.950. The van der Waals surface area contributed by atoms with Crippen LogP contribution in [0.4, 0.5) is 26.3 Å². The van der Waals surface area contributed by atoms with Crippen LogP contribution in [0.15, 0.2) is 0 Å². The van der Waals surface area contributed by atoms with Crippen molar-refractivity contribution in [3.63, 3.8) is 0 Å². The molecule has 0 aromatic rings. The molecule has 0 aliphatic heterocycles. The van der Waals surface area contributed by atoms with Gasteiger partial charge in [0.2, 0.25) is 0 Å². The Balaban J connectivity index is 1.64. The summed E-state index contributed by atoms with van der Waals surface area (Å²) in [5.74, 6) is -0.278. The number of halogens is 6. The molecule has 8 heteroatoms. The van der Waals surface area contributed by atoms with Crippen LogP contribution < -0.4 is 0 Å². The van der Waals surface area contributed by atoms with E-state index >= 15 is 0 Å². The van der Waals surface area contributed by atoms with E-state index in [1.807, 2.05) is 0 Å². The Morgan fingerprint density at radius 2 is 1.38 bits per heavy atom. The molecule has 0 N–H and O–H groups in total. The highest BCUT2D eigenvalue weighted by molar-refractivity contribution is 5.76. The van der Waals surface area contributed by atoms with E-state index < -0.39 is 41.7 Å². The third-order valence-electron chi connectivity index (χ3n) is 8.22. The minimum absolute atomic E-state index is 0.113. The van der Waals surface area contributed by atoms with E-state index in [9.17, 15) is 31.1 Å². The van der Waals surface area contributed by atoms with Gasteiger partial charge in [-0.05, 0) is 94.3 Å². The average molecular weight is 426 g/mol. The van der Waals surface area contributed by atoms with Crippen LogP contribution in [0, 0.1) is 46.8 Å². The zero-order chi connectivity index (χ0) is 21.6. The predicted octanol–water partition coefficient (Wildman–Crippen LogP) is 6.15. The summed E-state index contributed by atoms with van der Waals surface area (Å²) in [4.78, 5) is 12.2. The quantitative estimate of drug-likeness (QED) is 0.308. The molecule has 7 unspecified atom stereocenters. The van der Waals surface area contributed by atoms with E-state index in [1.165, 1.54) is 20.8 Å². The average Bonchev–Trinajstić information content (AvgIpc) is 3.29. The van der Waals surface area contributed by atoms with Crippen molar-refractivity contribution < 1.29 is 35.9 Å². The van der Waals surface area contributed by atoms with Crippen LogP contribution in [0.5, 0.6) is 0 Å². The maximum atomic E-state index is 13.9. The molecular formula is C21H28F6O2. The molecule has 0 aromatic carbocycles. The number of carbonyl (C=O) groups is 1. The first-order valence-electron chi connectivity index (χ1n) is 10.5. The molecule has 0 spiro atoms. The number of hydrogen-bond donors (Lipinski definition) is 0. The van der Waals surface area contributed by atoms with Gasteiger partial charge in [-0.15, -0.1) is 0 Å². The van der Waals surface area contributed by atoms with E-state index in [-0.39, 0.29) is 17.8 Å². The maximum Gasteiger partial charge on any atom is 0.437 e. The monoisotopic (exact) mass is 426 g/mol. The van der Waals surface area contributed by atoms with Gasteiger partial charge < -0.3 is 4.74 Å². The van der Waals surface area contributed by atoms with E-state index in [4.69, 9.17) is 0 Å². The van der Waals surface area contributed by atoms with Gasteiger partial charge in [-0.25, -0.2) is 0 Å². The lowest BCUT2D eigenvalue weighted by atomic mass is 9.65. The lowest BCUT2D eigenvalue weighted by Gasteiger charge is -2.44. The highest BCUT2D eigenvalue weighted by Gasteiger charge is 2.76. The summed E-state index contributed by atoms with van der Waals surface area (Å²) >= 11 is 0. The van der Waals surface area contributed by atoms with Gasteiger partial charge in [-0.1, -0.05) is 0 Å². The summed E-state index contributed by atoms with van der Waals surface area (Å²) < 4.78 is 88.0. The van der Waals surface area contributed by atoms with Crippen LogP contribution in [-0.4, -0.2) is 23.9 Å². The van der Waals surface area contributed by atoms with Gasteiger partial charge in [-0.2, -0.15) is 26.3 Å². The molecule has 4 bridgehead atoms. The van der Waals surface area contributed by atoms with Crippen LogP contribution in [-0.2, 0) is 9.53 Å².